The van der Waals surface area contributed by atoms with Crippen LogP contribution in [0.15, 0.2) is 36.7 Å². The molecule has 3 aromatic heterocycles. The van der Waals surface area contributed by atoms with Crippen molar-refractivity contribution >= 4 is 29.0 Å². The number of aliphatic hydroxyl groups excluding tert-OH is 1. The summed E-state index contributed by atoms with van der Waals surface area (Å²) >= 11 is 0. The van der Waals surface area contributed by atoms with Crippen molar-refractivity contribution in [2.24, 2.45) is 5.73 Å². The van der Waals surface area contributed by atoms with E-state index < -0.39 is 5.91 Å². The number of carbonyl (C=O) groups excluding carboxylic acids is 1. The van der Waals surface area contributed by atoms with Crippen LogP contribution in [-0.2, 0) is 0 Å². The molecular weight excluding hydrogens is 346 g/mol. The molecule has 1 saturated carbocycles. The summed E-state index contributed by atoms with van der Waals surface area (Å²) in [6, 6.07) is 7.64. The van der Waals surface area contributed by atoms with E-state index in [2.05, 4.69) is 25.7 Å². The minimum absolute atomic E-state index is 0.189. The lowest BCUT2D eigenvalue weighted by atomic mass is 9.93. The zero-order valence-corrected chi connectivity index (χ0v) is 14.7. The molecule has 140 valence electrons. The van der Waals surface area contributed by atoms with E-state index in [9.17, 15) is 9.90 Å². The monoisotopic (exact) mass is 367 g/mol. The van der Waals surface area contributed by atoms with Crippen molar-refractivity contribution in [2.45, 2.75) is 37.8 Å². The first-order chi connectivity index (χ1) is 13.1. The lowest BCUT2D eigenvalue weighted by Crippen LogP contribution is -2.29. The largest absolute Gasteiger partial charge is 0.393 e. The molecule has 1 fully saturated rings. The third-order valence-corrected chi connectivity index (χ3v) is 4.69. The summed E-state index contributed by atoms with van der Waals surface area (Å²) in [7, 11) is 0. The predicted octanol–water partition coefficient (Wildman–Crippen LogP) is 1.68. The van der Waals surface area contributed by atoms with Gasteiger partial charge in [0.2, 0.25) is 11.9 Å². The molecule has 5 N–H and O–H groups in total. The lowest BCUT2D eigenvalue weighted by Gasteiger charge is -2.26. The normalized spacial score (nSPS) is 19.7. The number of nitrogens with two attached hydrogens (primary N) is 1. The maximum atomic E-state index is 11.3. The Labute approximate surface area is 155 Å². The van der Waals surface area contributed by atoms with Crippen LogP contribution in [0.5, 0.6) is 0 Å². The molecule has 0 atom stereocenters. The molecule has 3 heterocycles. The second kappa shape index (κ2) is 7.20. The van der Waals surface area contributed by atoms with Crippen LogP contribution in [0.3, 0.4) is 0 Å². The van der Waals surface area contributed by atoms with Crippen LogP contribution in [0.25, 0.3) is 5.65 Å². The zero-order chi connectivity index (χ0) is 18.8. The predicted molar refractivity (Wildman–Crippen MR) is 101 cm³/mol. The van der Waals surface area contributed by atoms with Crippen LogP contribution in [0.2, 0.25) is 0 Å². The van der Waals surface area contributed by atoms with Crippen molar-refractivity contribution < 1.29 is 9.90 Å². The molecule has 0 unspecified atom stereocenters. The average Bonchev–Trinajstić information content (AvgIpc) is 3.07. The molecule has 0 bridgehead atoms. The highest BCUT2D eigenvalue weighted by Crippen LogP contribution is 2.23. The van der Waals surface area contributed by atoms with Crippen molar-refractivity contribution in [2.75, 3.05) is 10.6 Å². The highest BCUT2D eigenvalue weighted by atomic mass is 16.3. The summed E-state index contributed by atoms with van der Waals surface area (Å²) in [5.41, 5.74) is 6.87. The average molecular weight is 367 g/mol. The fourth-order valence-electron chi connectivity index (χ4n) is 3.27. The van der Waals surface area contributed by atoms with E-state index in [1.54, 1.807) is 16.8 Å². The van der Waals surface area contributed by atoms with Crippen LogP contribution >= 0.6 is 0 Å². The molecule has 0 spiro atoms. The fourth-order valence-corrected chi connectivity index (χ4v) is 3.27. The molecule has 1 aliphatic carbocycles. The number of aromatic nitrogens is 4. The number of aliphatic hydroxyl groups is 1. The smallest absolute Gasteiger partial charge is 0.250 e. The van der Waals surface area contributed by atoms with Crippen molar-refractivity contribution in [1.82, 2.24) is 19.6 Å². The SMILES string of the molecule is NC(=O)c1cncc(Nc2nc3cccc(N[C@H]4CC[C@@H](O)CC4)n3n2)c1. The van der Waals surface area contributed by atoms with Crippen LogP contribution < -0.4 is 16.4 Å². The molecule has 0 radical (unpaired) electrons. The number of primary amides is 1. The minimum atomic E-state index is -0.543. The van der Waals surface area contributed by atoms with Gasteiger partial charge in [0.15, 0.2) is 5.65 Å². The van der Waals surface area contributed by atoms with Gasteiger partial charge in [-0.3, -0.25) is 9.78 Å². The molecule has 0 saturated heterocycles. The van der Waals surface area contributed by atoms with E-state index in [4.69, 9.17) is 5.73 Å². The second-order valence-electron chi connectivity index (χ2n) is 6.72. The van der Waals surface area contributed by atoms with Crippen molar-refractivity contribution in [3.8, 4) is 0 Å². The number of hydrogen-bond acceptors (Lipinski definition) is 7. The Bertz CT molecular complexity index is 963. The number of anilines is 3. The number of nitrogens with one attached hydrogen (secondary N) is 2. The lowest BCUT2D eigenvalue weighted by molar-refractivity contribution is 0.1000. The highest BCUT2D eigenvalue weighted by Gasteiger charge is 2.20. The van der Waals surface area contributed by atoms with Crippen molar-refractivity contribution in [3.63, 3.8) is 0 Å². The van der Waals surface area contributed by atoms with Gasteiger partial charge in [-0.15, -0.1) is 5.10 Å². The zero-order valence-electron chi connectivity index (χ0n) is 14.7. The second-order valence-corrected chi connectivity index (χ2v) is 6.72. The number of carbonyl (C=O) groups is 1. The summed E-state index contributed by atoms with van der Waals surface area (Å²) in [5, 5.41) is 20.7. The Morgan fingerprint density at radius 1 is 1.22 bits per heavy atom. The Morgan fingerprint density at radius 2 is 2.04 bits per heavy atom. The quantitative estimate of drug-likeness (QED) is 0.540. The summed E-state index contributed by atoms with van der Waals surface area (Å²) in [5.74, 6) is 0.698. The molecule has 1 amide bonds. The van der Waals surface area contributed by atoms with Gasteiger partial charge in [-0.05, 0) is 43.9 Å². The fraction of sp³-hybridized carbons (Fsp3) is 0.333. The number of amides is 1. The minimum Gasteiger partial charge on any atom is -0.393 e. The molecule has 0 aromatic carbocycles. The summed E-state index contributed by atoms with van der Waals surface area (Å²) < 4.78 is 1.73. The summed E-state index contributed by atoms with van der Waals surface area (Å²) in [6.07, 6.45) is 6.25. The number of nitrogens with zero attached hydrogens (tertiary/aromatic N) is 4. The van der Waals surface area contributed by atoms with E-state index in [1.807, 2.05) is 18.2 Å². The maximum absolute atomic E-state index is 11.3. The molecule has 0 aliphatic heterocycles. The number of hydrogen-bond donors (Lipinski definition) is 4. The van der Waals surface area contributed by atoms with Crippen LogP contribution in [0.4, 0.5) is 17.5 Å². The van der Waals surface area contributed by atoms with E-state index in [-0.39, 0.29) is 6.10 Å². The number of rotatable bonds is 5. The third kappa shape index (κ3) is 3.82. The van der Waals surface area contributed by atoms with Crippen molar-refractivity contribution in [1.29, 1.82) is 0 Å². The molecule has 3 aromatic rings. The highest BCUT2D eigenvalue weighted by molar-refractivity contribution is 5.93. The van der Waals surface area contributed by atoms with Gasteiger partial charge < -0.3 is 21.5 Å². The summed E-state index contributed by atoms with van der Waals surface area (Å²) in [4.78, 5) is 19.8. The van der Waals surface area contributed by atoms with Gasteiger partial charge in [0.25, 0.3) is 0 Å². The Morgan fingerprint density at radius 3 is 2.81 bits per heavy atom. The van der Waals surface area contributed by atoms with Crippen LogP contribution in [-0.4, -0.2) is 42.7 Å². The van der Waals surface area contributed by atoms with E-state index in [1.165, 1.54) is 6.20 Å². The Kier molecular flexibility index (Phi) is 4.59. The molecule has 4 rings (SSSR count). The maximum Gasteiger partial charge on any atom is 0.250 e. The number of fused-ring (bicyclic) bond motifs is 1. The standard InChI is InChI=1S/C18H21N7O2/c19-17(27)11-8-13(10-20-9-11)22-18-23-16-3-1-2-15(25(16)24-18)21-12-4-6-14(26)7-5-12/h1-3,8-10,12,14,21,26H,4-7H2,(H2,19,27)(H,22,24)/t12-,14+. The molecular formula is C18H21N7O2. The van der Waals surface area contributed by atoms with Gasteiger partial charge in [0.05, 0.1) is 23.6 Å². The van der Waals surface area contributed by atoms with E-state index in [0.717, 1.165) is 31.5 Å². The van der Waals surface area contributed by atoms with E-state index >= 15 is 0 Å². The first-order valence-corrected chi connectivity index (χ1v) is 8.91. The molecule has 1 aliphatic rings. The van der Waals surface area contributed by atoms with E-state index in [0.29, 0.717) is 28.9 Å². The first-order valence-electron chi connectivity index (χ1n) is 8.91. The van der Waals surface area contributed by atoms with Crippen LogP contribution in [0, 0.1) is 0 Å². The van der Waals surface area contributed by atoms with Gasteiger partial charge in [0, 0.05) is 12.2 Å². The first kappa shape index (κ1) is 17.2. The molecule has 27 heavy (non-hydrogen) atoms. The molecule has 9 heteroatoms. The van der Waals surface area contributed by atoms with Crippen molar-refractivity contribution in [3.05, 3.63) is 42.2 Å². The topological polar surface area (TPSA) is 130 Å². The van der Waals surface area contributed by atoms with Gasteiger partial charge >= 0.3 is 0 Å². The van der Waals surface area contributed by atoms with Gasteiger partial charge in [0.1, 0.15) is 5.82 Å². The van der Waals surface area contributed by atoms with Crippen LogP contribution in [0.1, 0.15) is 36.0 Å². The number of pyridine rings is 2. The summed E-state index contributed by atoms with van der Waals surface area (Å²) in [6.45, 7) is 0. The Hall–Kier alpha value is -3.20. The third-order valence-electron chi connectivity index (χ3n) is 4.69. The van der Waals surface area contributed by atoms with Gasteiger partial charge in [-0.2, -0.15) is 9.50 Å². The van der Waals surface area contributed by atoms with Gasteiger partial charge in [-0.25, -0.2) is 0 Å². The Balaban J connectivity index is 1.55. The van der Waals surface area contributed by atoms with Gasteiger partial charge in [-0.1, -0.05) is 6.07 Å². The molecule has 9 nitrogen and oxygen atoms in total.